The van der Waals surface area contributed by atoms with Gasteiger partial charge in [-0.05, 0) is 46.9 Å². The van der Waals surface area contributed by atoms with Gasteiger partial charge < -0.3 is 14.1 Å². The van der Waals surface area contributed by atoms with Crippen LogP contribution < -0.4 is 0 Å². The first-order chi connectivity index (χ1) is 11.1. The monoisotopic (exact) mass is 337 g/mol. The van der Waals surface area contributed by atoms with Gasteiger partial charge in [-0.3, -0.25) is 4.79 Å². The lowest BCUT2D eigenvalue weighted by Gasteiger charge is -2.32. The Morgan fingerprint density at radius 3 is 2.33 bits per heavy atom. The molecule has 2 saturated heterocycles. The first-order valence-corrected chi connectivity index (χ1v) is 8.69. The predicted octanol–water partition coefficient (Wildman–Crippen LogP) is 3.23. The third kappa shape index (κ3) is 4.39. The summed E-state index contributed by atoms with van der Waals surface area (Å²) in [5.41, 5.74) is -0.0488. The van der Waals surface area contributed by atoms with Gasteiger partial charge in [0.2, 0.25) is 0 Å². The van der Waals surface area contributed by atoms with Crippen LogP contribution in [0.3, 0.4) is 0 Å². The van der Waals surface area contributed by atoms with E-state index in [-0.39, 0.29) is 30.2 Å². The molecule has 2 fully saturated rings. The van der Waals surface area contributed by atoms with Crippen LogP contribution in [0.2, 0.25) is 6.32 Å². The number of allylic oxidation sites excluding steroid dienone is 1. The second kappa shape index (κ2) is 7.27. The second-order valence-electron chi connectivity index (χ2n) is 7.50. The summed E-state index contributed by atoms with van der Waals surface area (Å²) in [7, 11) is -0.188. The molecule has 2 aliphatic rings. The van der Waals surface area contributed by atoms with Crippen LogP contribution in [0.25, 0.3) is 0 Å². The maximum Gasteiger partial charge on any atom is 0.457 e. The van der Waals surface area contributed by atoms with Crippen LogP contribution in [0.15, 0.2) is 12.3 Å². The molecule has 0 aliphatic carbocycles. The standard InChI is InChI=1S/C17H28BNO5/c1-13-10-11-14(20)19(13)22-15(21)9-7-6-8-12-18-23-16(2,3)17(4,5)24-18/h1,6-12H2,2-5H3. The number of amides is 1. The zero-order valence-corrected chi connectivity index (χ0v) is 15.2. The summed E-state index contributed by atoms with van der Waals surface area (Å²) in [5, 5.41) is 1.03. The summed E-state index contributed by atoms with van der Waals surface area (Å²) in [6.07, 6.45) is 4.53. The molecular weight excluding hydrogens is 309 g/mol. The fourth-order valence-corrected chi connectivity index (χ4v) is 2.73. The molecule has 0 aromatic rings. The van der Waals surface area contributed by atoms with Crippen LogP contribution in [0.4, 0.5) is 0 Å². The molecule has 0 aromatic carbocycles. The molecule has 0 spiro atoms. The minimum absolute atomic E-state index is 0.188. The summed E-state index contributed by atoms with van der Waals surface area (Å²) in [5.74, 6) is -0.587. The highest BCUT2D eigenvalue weighted by Gasteiger charge is 2.50. The lowest BCUT2D eigenvalue weighted by molar-refractivity contribution is -0.186. The lowest BCUT2D eigenvalue weighted by atomic mass is 9.82. The van der Waals surface area contributed by atoms with Gasteiger partial charge in [-0.15, -0.1) is 5.06 Å². The van der Waals surface area contributed by atoms with Crippen molar-refractivity contribution in [3.63, 3.8) is 0 Å². The summed E-state index contributed by atoms with van der Waals surface area (Å²) in [6, 6.07) is 0. The predicted molar refractivity (Wildman–Crippen MR) is 90.7 cm³/mol. The Balaban J connectivity index is 1.60. The fourth-order valence-electron chi connectivity index (χ4n) is 2.73. The number of nitrogens with zero attached hydrogens (tertiary/aromatic N) is 1. The first kappa shape index (κ1) is 19.0. The zero-order valence-electron chi connectivity index (χ0n) is 15.2. The van der Waals surface area contributed by atoms with Crippen LogP contribution in [-0.4, -0.2) is 35.3 Å². The third-order valence-corrected chi connectivity index (χ3v) is 4.96. The van der Waals surface area contributed by atoms with E-state index < -0.39 is 0 Å². The van der Waals surface area contributed by atoms with Crippen molar-refractivity contribution in [3.8, 4) is 0 Å². The third-order valence-electron chi connectivity index (χ3n) is 4.96. The molecule has 0 radical (unpaired) electrons. The molecule has 7 heteroatoms. The number of hydroxylamine groups is 2. The molecule has 134 valence electrons. The average Bonchev–Trinajstić information content (AvgIpc) is 2.88. The summed E-state index contributed by atoms with van der Waals surface area (Å²) >= 11 is 0. The quantitative estimate of drug-likeness (QED) is 0.527. The zero-order chi connectivity index (χ0) is 18.0. The lowest BCUT2D eigenvalue weighted by Crippen LogP contribution is -2.41. The van der Waals surface area contributed by atoms with E-state index in [9.17, 15) is 9.59 Å². The molecule has 0 unspecified atom stereocenters. The molecule has 6 nitrogen and oxygen atoms in total. The SMILES string of the molecule is C=C1CCC(=O)N1OC(=O)CCCCCB1OC(C)(C)C(C)(C)O1. The highest BCUT2D eigenvalue weighted by atomic mass is 16.7. The van der Waals surface area contributed by atoms with Crippen LogP contribution >= 0.6 is 0 Å². The molecule has 2 heterocycles. The van der Waals surface area contributed by atoms with E-state index in [1.807, 2.05) is 27.7 Å². The largest absolute Gasteiger partial charge is 0.457 e. The second-order valence-corrected chi connectivity index (χ2v) is 7.50. The van der Waals surface area contributed by atoms with Crippen molar-refractivity contribution < 1.29 is 23.7 Å². The Bertz CT molecular complexity index is 485. The Morgan fingerprint density at radius 2 is 1.79 bits per heavy atom. The number of carbonyl (C=O) groups excluding carboxylic acids is 2. The number of hydrogen-bond acceptors (Lipinski definition) is 5. The van der Waals surface area contributed by atoms with Crippen LogP contribution in [0, 0.1) is 0 Å². The first-order valence-electron chi connectivity index (χ1n) is 8.69. The summed E-state index contributed by atoms with van der Waals surface area (Å²) in [6.45, 7) is 11.9. The number of unbranched alkanes of at least 4 members (excludes halogenated alkanes) is 2. The van der Waals surface area contributed by atoms with Crippen LogP contribution in [0.1, 0.15) is 66.2 Å². The van der Waals surface area contributed by atoms with Gasteiger partial charge in [0, 0.05) is 12.8 Å². The molecule has 0 aromatic heterocycles. The Morgan fingerprint density at radius 1 is 1.17 bits per heavy atom. The Kier molecular flexibility index (Phi) is 5.76. The van der Waals surface area contributed by atoms with E-state index in [0.717, 1.165) is 24.2 Å². The van der Waals surface area contributed by atoms with Crippen molar-refractivity contribution in [3.05, 3.63) is 12.3 Å². The molecule has 1 amide bonds. The highest BCUT2D eigenvalue weighted by molar-refractivity contribution is 6.45. The maximum absolute atomic E-state index is 11.8. The van der Waals surface area contributed by atoms with Crippen molar-refractivity contribution in [2.75, 3.05) is 0 Å². The van der Waals surface area contributed by atoms with E-state index in [1.54, 1.807) is 0 Å². The molecule has 24 heavy (non-hydrogen) atoms. The molecule has 0 atom stereocenters. The minimum atomic E-state index is -0.387. The summed E-state index contributed by atoms with van der Waals surface area (Å²) in [4.78, 5) is 28.3. The van der Waals surface area contributed by atoms with E-state index in [0.29, 0.717) is 31.4 Å². The number of carbonyl (C=O) groups is 2. The smallest absolute Gasteiger partial charge is 0.403 e. The molecule has 0 saturated carbocycles. The minimum Gasteiger partial charge on any atom is -0.403 e. The van der Waals surface area contributed by atoms with Crippen molar-refractivity contribution in [2.45, 2.75) is 83.7 Å². The number of rotatable bonds is 7. The highest BCUT2D eigenvalue weighted by Crippen LogP contribution is 2.38. The van der Waals surface area contributed by atoms with Gasteiger partial charge in [0.1, 0.15) is 0 Å². The molecule has 0 N–H and O–H groups in total. The topological polar surface area (TPSA) is 65.1 Å². The van der Waals surface area contributed by atoms with E-state index in [1.165, 1.54) is 0 Å². The molecule has 0 bridgehead atoms. The summed E-state index contributed by atoms with van der Waals surface area (Å²) < 4.78 is 11.9. The Hall–Kier alpha value is -1.34. The van der Waals surface area contributed by atoms with Crippen molar-refractivity contribution in [1.82, 2.24) is 5.06 Å². The van der Waals surface area contributed by atoms with Crippen molar-refractivity contribution in [1.29, 1.82) is 0 Å². The van der Waals surface area contributed by atoms with Gasteiger partial charge in [0.25, 0.3) is 5.91 Å². The van der Waals surface area contributed by atoms with E-state index in [4.69, 9.17) is 14.1 Å². The van der Waals surface area contributed by atoms with Gasteiger partial charge in [-0.1, -0.05) is 19.4 Å². The number of hydrogen-bond donors (Lipinski definition) is 0. The van der Waals surface area contributed by atoms with Gasteiger partial charge >= 0.3 is 13.1 Å². The van der Waals surface area contributed by atoms with E-state index in [2.05, 4.69) is 6.58 Å². The van der Waals surface area contributed by atoms with Crippen LogP contribution in [0.5, 0.6) is 0 Å². The molecule has 2 aliphatic heterocycles. The maximum atomic E-state index is 11.8. The fraction of sp³-hybridized carbons (Fsp3) is 0.765. The van der Waals surface area contributed by atoms with Gasteiger partial charge in [0.05, 0.1) is 16.9 Å². The van der Waals surface area contributed by atoms with Gasteiger partial charge in [-0.2, -0.15) is 0 Å². The molecule has 2 rings (SSSR count). The van der Waals surface area contributed by atoms with Crippen LogP contribution in [-0.2, 0) is 23.7 Å². The van der Waals surface area contributed by atoms with E-state index >= 15 is 0 Å². The average molecular weight is 337 g/mol. The van der Waals surface area contributed by atoms with Gasteiger partial charge in [0.15, 0.2) is 0 Å². The normalized spacial score (nSPS) is 22.3. The van der Waals surface area contributed by atoms with Crippen molar-refractivity contribution >= 4 is 19.0 Å². The Labute approximate surface area is 144 Å². The van der Waals surface area contributed by atoms with Crippen molar-refractivity contribution in [2.24, 2.45) is 0 Å². The molecular formula is C17H28BNO5. The van der Waals surface area contributed by atoms with Gasteiger partial charge in [-0.25, -0.2) is 4.79 Å².